The summed E-state index contributed by atoms with van der Waals surface area (Å²) in [5.74, 6) is 0.243. The van der Waals surface area contributed by atoms with E-state index in [0.29, 0.717) is 33.0 Å². The molecule has 5 aromatic rings. The molecule has 1 aliphatic heterocycles. The Bertz CT molecular complexity index is 1750. The van der Waals surface area contributed by atoms with Crippen molar-refractivity contribution in [2.24, 2.45) is 0 Å². The normalized spacial score (nSPS) is 14.4. The Morgan fingerprint density at radius 3 is 2.35 bits per heavy atom. The first-order chi connectivity index (χ1) is 17.9. The van der Waals surface area contributed by atoms with Crippen LogP contribution in [0.15, 0.2) is 89.8 Å². The zero-order chi connectivity index (χ0) is 25.6. The molecule has 1 fully saturated rings. The molecule has 1 aliphatic rings. The average molecular weight is 530 g/mol. The second-order valence-electron chi connectivity index (χ2n) is 9.24. The number of fused-ring (bicyclic) bond motifs is 2. The van der Waals surface area contributed by atoms with Crippen LogP contribution in [0.2, 0.25) is 5.02 Å². The molecule has 8 heteroatoms. The number of nitrogens with zero attached hydrogens (tertiary/aromatic N) is 3. The van der Waals surface area contributed by atoms with E-state index in [1.807, 2.05) is 47.4 Å². The van der Waals surface area contributed by atoms with Crippen LogP contribution >= 0.6 is 11.6 Å². The number of piperidine rings is 1. The minimum atomic E-state index is -4.04. The largest absolute Gasteiger partial charge is 0.339 e. The predicted molar refractivity (Wildman–Crippen MR) is 146 cm³/mol. The summed E-state index contributed by atoms with van der Waals surface area (Å²) < 4.78 is 29.3. The van der Waals surface area contributed by atoms with Crippen LogP contribution in [0.4, 0.5) is 0 Å². The summed E-state index contributed by atoms with van der Waals surface area (Å²) in [7, 11) is -4.04. The molecular weight excluding hydrogens is 506 g/mol. The van der Waals surface area contributed by atoms with Gasteiger partial charge in [-0.15, -0.1) is 0 Å². The molecule has 2 heterocycles. The van der Waals surface area contributed by atoms with Gasteiger partial charge in [-0.05, 0) is 72.5 Å². The van der Waals surface area contributed by atoms with Gasteiger partial charge in [0.15, 0.2) is 5.82 Å². The number of hydrogen-bond acceptors (Lipinski definition) is 4. The molecule has 37 heavy (non-hydrogen) atoms. The molecule has 6 rings (SSSR count). The van der Waals surface area contributed by atoms with Crippen LogP contribution in [0, 0.1) is 0 Å². The number of amides is 1. The van der Waals surface area contributed by atoms with Crippen LogP contribution in [0.5, 0.6) is 0 Å². The van der Waals surface area contributed by atoms with Crippen molar-refractivity contribution in [2.75, 3.05) is 13.1 Å². The van der Waals surface area contributed by atoms with E-state index in [1.54, 1.807) is 30.3 Å². The summed E-state index contributed by atoms with van der Waals surface area (Å²) in [6.07, 6.45) is 3.12. The van der Waals surface area contributed by atoms with Crippen LogP contribution in [-0.4, -0.2) is 41.3 Å². The smallest absolute Gasteiger partial charge is 0.269 e. The van der Waals surface area contributed by atoms with E-state index in [-0.39, 0.29) is 10.8 Å². The average Bonchev–Trinajstić information content (AvgIpc) is 3.32. The number of imidazole rings is 1. The molecular formula is C29H24ClN3O3S. The lowest BCUT2D eigenvalue weighted by molar-refractivity contribution is 0.0724. The van der Waals surface area contributed by atoms with Crippen molar-refractivity contribution in [1.82, 2.24) is 13.9 Å². The number of carbonyl (C=O) groups excluding carboxylic acids is 1. The number of carbonyl (C=O) groups is 1. The van der Waals surface area contributed by atoms with E-state index in [2.05, 4.69) is 0 Å². The molecule has 0 atom stereocenters. The van der Waals surface area contributed by atoms with Crippen molar-refractivity contribution in [3.8, 4) is 11.4 Å². The second kappa shape index (κ2) is 9.32. The van der Waals surface area contributed by atoms with Crippen LogP contribution in [0.3, 0.4) is 0 Å². The maximum Gasteiger partial charge on any atom is 0.269 e. The summed E-state index contributed by atoms with van der Waals surface area (Å²) in [6.45, 7) is 1.47. The Balaban J connectivity index is 1.59. The molecule has 0 spiro atoms. The molecule has 0 bridgehead atoms. The highest BCUT2D eigenvalue weighted by atomic mass is 35.5. The molecule has 0 saturated carbocycles. The summed E-state index contributed by atoms with van der Waals surface area (Å²) in [4.78, 5) is 20.0. The lowest BCUT2D eigenvalue weighted by atomic mass is 10.0. The Morgan fingerprint density at radius 2 is 1.57 bits per heavy atom. The molecule has 186 valence electrons. The van der Waals surface area contributed by atoms with E-state index < -0.39 is 10.0 Å². The lowest BCUT2D eigenvalue weighted by Gasteiger charge is -2.26. The van der Waals surface area contributed by atoms with Gasteiger partial charge in [-0.2, -0.15) is 0 Å². The fourth-order valence-electron chi connectivity index (χ4n) is 5.02. The maximum atomic E-state index is 14.0. The number of benzene rings is 4. The molecule has 1 amide bonds. The molecule has 0 unspecified atom stereocenters. The molecule has 6 nitrogen and oxygen atoms in total. The minimum absolute atomic E-state index is 0.0524. The van der Waals surface area contributed by atoms with Crippen LogP contribution < -0.4 is 0 Å². The summed E-state index contributed by atoms with van der Waals surface area (Å²) in [5.41, 5.74) is 2.06. The number of rotatable bonds is 4. The molecule has 1 aromatic heterocycles. The van der Waals surface area contributed by atoms with Crippen LogP contribution in [0.1, 0.15) is 29.6 Å². The zero-order valence-electron chi connectivity index (χ0n) is 20.0. The van der Waals surface area contributed by atoms with Crippen molar-refractivity contribution in [3.63, 3.8) is 0 Å². The Hall–Kier alpha value is -3.68. The predicted octanol–water partition coefficient (Wildman–Crippen LogP) is 6.37. The van der Waals surface area contributed by atoms with Crippen molar-refractivity contribution >= 4 is 49.3 Å². The number of aromatic nitrogens is 2. The Labute approximate surface area is 220 Å². The summed E-state index contributed by atoms with van der Waals surface area (Å²) in [6, 6.07) is 24.7. The quantitative estimate of drug-likeness (QED) is 0.271. The fourth-order valence-corrected chi connectivity index (χ4v) is 6.61. The van der Waals surface area contributed by atoms with Gasteiger partial charge in [-0.1, -0.05) is 54.1 Å². The third kappa shape index (κ3) is 4.18. The third-order valence-corrected chi connectivity index (χ3v) is 8.86. The molecule has 0 N–H and O–H groups in total. The molecule has 0 radical (unpaired) electrons. The van der Waals surface area contributed by atoms with Crippen molar-refractivity contribution in [1.29, 1.82) is 0 Å². The van der Waals surface area contributed by atoms with Crippen LogP contribution in [-0.2, 0) is 10.0 Å². The monoisotopic (exact) mass is 529 g/mol. The molecule has 0 aliphatic carbocycles. The third-order valence-electron chi connectivity index (χ3n) is 6.89. The molecule has 4 aromatic carbocycles. The number of hydrogen-bond donors (Lipinski definition) is 0. The van der Waals surface area contributed by atoms with Gasteiger partial charge in [0.1, 0.15) is 0 Å². The van der Waals surface area contributed by atoms with E-state index in [1.165, 1.54) is 16.1 Å². The highest BCUT2D eigenvalue weighted by Gasteiger charge is 2.27. The van der Waals surface area contributed by atoms with Gasteiger partial charge in [-0.3, -0.25) is 4.79 Å². The van der Waals surface area contributed by atoms with E-state index >= 15 is 0 Å². The van der Waals surface area contributed by atoms with Crippen molar-refractivity contribution in [3.05, 3.63) is 95.5 Å². The Kier molecular flexibility index (Phi) is 5.97. The lowest BCUT2D eigenvalue weighted by Crippen LogP contribution is -2.35. The maximum absolute atomic E-state index is 14.0. The molecule has 1 saturated heterocycles. The van der Waals surface area contributed by atoms with E-state index in [0.717, 1.165) is 43.1 Å². The van der Waals surface area contributed by atoms with Gasteiger partial charge in [0.2, 0.25) is 0 Å². The first-order valence-corrected chi connectivity index (χ1v) is 14.1. The first kappa shape index (κ1) is 23.7. The summed E-state index contributed by atoms with van der Waals surface area (Å²) >= 11 is 6.04. The van der Waals surface area contributed by atoms with Crippen molar-refractivity contribution < 1.29 is 13.2 Å². The van der Waals surface area contributed by atoms with Gasteiger partial charge in [0.05, 0.1) is 15.9 Å². The van der Waals surface area contributed by atoms with E-state index in [4.69, 9.17) is 16.6 Å². The summed E-state index contributed by atoms with van der Waals surface area (Å²) in [5, 5.41) is 2.31. The van der Waals surface area contributed by atoms with Gasteiger partial charge >= 0.3 is 0 Å². The number of halogens is 1. The fraction of sp³-hybridized carbons (Fsp3) is 0.172. The zero-order valence-corrected chi connectivity index (χ0v) is 21.5. The SMILES string of the molecule is O=C(c1ccc2c(c1)nc(-c1cccc3ccccc13)n2S(=O)(=O)c1ccc(Cl)cc1)N1CCCCC1. The van der Waals surface area contributed by atoms with Gasteiger partial charge in [-0.25, -0.2) is 17.4 Å². The first-order valence-electron chi connectivity index (χ1n) is 12.2. The van der Waals surface area contributed by atoms with Crippen molar-refractivity contribution in [2.45, 2.75) is 24.2 Å². The second-order valence-corrected chi connectivity index (χ2v) is 11.5. The van der Waals surface area contributed by atoms with Gasteiger partial charge in [0, 0.05) is 29.2 Å². The highest BCUT2D eigenvalue weighted by molar-refractivity contribution is 7.90. The standard InChI is InChI=1S/C29H24ClN3O3S/c30-22-12-14-23(15-13-22)37(35,36)33-27-16-11-21(29(34)32-17-4-1-5-18-32)19-26(27)31-28(33)25-10-6-8-20-7-2-3-9-24(20)25/h2-3,6-16,19H,1,4-5,17-18H2. The Morgan fingerprint density at radius 1 is 0.838 bits per heavy atom. The van der Waals surface area contributed by atoms with Gasteiger partial charge in [0.25, 0.3) is 15.9 Å². The van der Waals surface area contributed by atoms with E-state index in [9.17, 15) is 13.2 Å². The highest BCUT2D eigenvalue weighted by Crippen LogP contribution is 2.34. The topological polar surface area (TPSA) is 72.3 Å². The van der Waals surface area contributed by atoms with Gasteiger partial charge < -0.3 is 4.90 Å². The van der Waals surface area contributed by atoms with Crippen LogP contribution in [0.25, 0.3) is 33.2 Å². The number of likely N-dealkylation sites (tertiary alicyclic amines) is 1. The minimum Gasteiger partial charge on any atom is -0.339 e.